The fourth-order valence-corrected chi connectivity index (χ4v) is 5.22. The molecule has 0 bridgehead atoms. The summed E-state index contributed by atoms with van der Waals surface area (Å²) in [6.45, 7) is 3.43. The van der Waals surface area contributed by atoms with Crippen molar-refractivity contribution in [1.29, 1.82) is 0 Å². The maximum absolute atomic E-state index is 13.8. The number of aliphatic carboxylic acids is 1. The molecule has 0 amide bonds. The van der Waals surface area contributed by atoms with Crippen molar-refractivity contribution < 1.29 is 9.90 Å². The van der Waals surface area contributed by atoms with Gasteiger partial charge in [-0.25, -0.2) is 4.79 Å². The number of imidazole rings is 1. The molecule has 5 rings (SSSR count). The Morgan fingerprint density at radius 3 is 2.67 bits per heavy atom. The Labute approximate surface area is 191 Å². The van der Waals surface area contributed by atoms with Gasteiger partial charge in [0.05, 0.1) is 29.7 Å². The number of aromatic nitrogens is 3. The number of pyridine rings is 1. The summed E-state index contributed by atoms with van der Waals surface area (Å²) in [5.74, 6) is -0.800. The van der Waals surface area contributed by atoms with Gasteiger partial charge in [-0.05, 0) is 35.7 Å². The van der Waals surface area contributed by atoms with Crippen molar-refractivity contribution in [2.24, 2.45) is 0 Å². The smallest absolute Gasteiger partial charge is 0.329 e. The Balaban J connectivity index is 1.65. The molecule has 33 heavy (non-hydrogen) atoms. The zero-order valence-electron chi connectivity index (χ0n) is 18.7. The van der Waals surface area contributed by atoms with Gasteiger partial charge in [0, 0.05) is 37.9 Å². The maximum atomic E-state index is 13.8. The predicted molar refractivity (Wildman–Crippen MR) is 128 cm³/mol. The Bertz CT molecular complexity index is 1390. The van der Waals surface area contributed by atoms with Crippen molar-refractivity contribution in [1.82, 2.24) is 14.1 Å². The van der Waals surface area contributed by atoms with E-state index < -0.39 is 12.0 Å². The van der Waals surface area contributed by atoms with E-state index in [1.807, 2.05) is 30.3 Å². The molecule has 0 spiro atoms. The lowest BCUT2D eigenvalue weighted by molar-refractivity contribution is -0.137. The summed E-state index contributed by atoms with van der Waals surface area (Å²) < 4.78 is 3.39. The van der Waals surface area contributed by atoms with Crippen LogP contribution in [0, 0.1) is 6.92 Å². The molecule has 0 saturated heterocycles. The highest BCUT2D eigenvalue weighted by Gasteiger charge is 2.31. The first-order chi connectivity index (χ1) is 16.0. The fourth-order valence-electron chi connectivity index (χ4n) is 5.22. The van der Waals surface area contributed by atoms with Crippen LogP contribution in [0.4, 0.5) is 5.69 Å². The topological polar surface area (TPSA) is 80.4 Å². The summed E-state index contributed by atoms with van der Waals surface area (Å²) in [7, 11) is 2.07. The number of carboxylic acids is 1. The Kier molecular flexibility index (Phi) is 5.24. The van der Waals surface area contributed by atoms with E-state index in [4.69, 9.17) is 0 Å². The number of rotatable bonds is 6. The number of hydrogen-bond acceptors (Lipinski definition) is 4. The number of benzene rings is 2. The van der Waals surface area contributed by atoms with E-state index in [0.717, 1.165) is 17.6 Å². The minimum absolute atomic E-state index is 0.151. The number of anilines is 1. The Morgan fingerprint density at radius 1 is 1.12 bits per heavy atom. The zero-order valence-corrected chi connectivity index (χ0v) is 18.7. The average molecular weight is 443 g/mol. The van der Waals surface area contributed by atoms with Gasteiger partial charge in [-0.3, -0.25) is 18.9 Å². The molecule has 1 aliphatic heterocycles. The van der Waals surface area contributed by atoms with Crippen LogP contribution in [0.15, 0.2) is 71.8 Å². The van der Waals surface area contributed by atoms with E-state index in [1.165, 1.54) is 16.8 Å². The fraction of sp³-hybridized carbons (Fsp3) is 0.269. The van der Waals surface area contributed by atoms with Gasteiger partial charge in [0.2, 0.25) is 0 Å². The molecule has 2 aromatic heterocycles. The van der Waals surface area contributed by atoms with E-state index in [9.17, 15) is 14.7 Å². The van der Waals surface area contributed by atoms with Crippen LogP contribution in [0.5, 0.6) is 0 Å². The average Bonchev–Trinajstić information content (AvgIpc) is 3.28. The number of nitrogens with zero attached hydrogens (tertiary/aromatic N) is 4. The summed E-state index contributed by atoms with van der Waals surface area (Å²) in [6.07, 6.45) is 3.17. The maximum Gasteiger partial charge on any atom is 0.329 e. The SMILES string of the molecule is Cc1cccc2c1C(Cn1c(=O)n([C@H](CC(=O)O)c3ccccc3)c3ccncc31)CN2C. The molecule has 1 N–H and O–H groups in total. The summed E-state index contributed by atoms with van der Waals surface area (Å²) in [6, 6.07) is 16.8. The predicted octanol–water partition coefficient (Wildman–Crippen LogP) is 3.80. The summed E-state index contributed by atoms with van der Waals surface area (Å²) >= 11 is 0. The van der Waals surface area contributed by atoms with Crippen LogP contribution in [0.25, 0.3) is 11.0 Å². The van der Waals surface area contributed by atoms with Gasteiger partial charge in [-0.2, -0.15) is 0 Å². The van der Waals surface area contributed by atoms with Crippen molar-refractivity contribution in [2.45, 2.75) is 31.8 Å². The third-order valence-electron chi connectivity index (χ3n) is 6.65. The first-order valence-electron chi connectivity index (χ1n) is 11.1. The van der Waals surface area contributed by atoms with Crippen LogP contribution in [0.3, 0.4) is 0 Å². The number of aryl methyl sites for hydroxylation is 1. The minimum atomic E-state index is -0.951. The van der Waals surface area contributed by atoms with Gasteiger partial charge >= 0.3 is 11.7 Å². The van der Waals surface area contributed by atoms with Crippen molar-refractivity contribution in [2.75, 3.05) is 18.5 Å². The van der Waals surface area contributed by atoms with Crippen molar-refractivity contribution in [3.63, 3.8) is 0 Å². The van der Waals surface area contributed by atoms with E-state index >= 15 is 0 Å². The zero-order chi connectivity index (χ0) is 23.1. The second-order valence-electron chi connectivity index (χ2n) is 8.74. The van der Waals surface area contributed by atoms with Crippen LogP contribution in [-0.2, 0) is 11.3 Å². The lowest BCUT2D eigenvalue weighted by Gasteiger charge is -2.17. The van der Waals surface area contributed by atoms with Gasteiger partial charge < -0.3 is 10.0 Å². The molecule has 4 aromatic rings. The monoisotopic (exact) mass is 442 g/mol. The minimum Gasteiger partial charge on any atom is -0.481 e. The highest BCUT2D eigenvalue weighted by molar-refractivity contribution is 5.76. The van der Waals surface area contributed by atoms with Crippen LogP contribution in [-0.4, -0.2) is 38.8 Å². The molecule has 7 nitrogen and oxygen atoms in total. The van der Waals surface area contributed by atoms with Gasteiger partial charge in [0.15, 0.2) is 0 Å². The molecule has 1 unspecified atom stereocenters. The first kappa shape index (κ1) is 21.0. The van der Waals surface area contributed by atoms with E-state index in [1.54, 1.807) is 27.6 Å². The number of fused-ring (bicyclic) bond motifs is 2. The number of likely N-dealkylation sites (N-methyl/N-ethyl adjacent to an activating group) is 1. The molecule has 0 aliphatic carbocycles. The van der Waals surface area contributed by atoms with Gasteiger partial charge in [-0.1, -0.05) is 42.5 Å². The van der Waals surface area contributed by atoms with Crippen molar-refractivity contribution in [3.05, 3.63) is 94.2 Å². The largest absolute Gasteiger partial charge is 0.481 e. The third-order valence-corrected chi connectivity index (χ3v) is 6.65. The Hall–Kier alpha value is -3.87. The quantitative estimate of drug-likeness (QED) is 0.491. The van der Waals surface area contributed by atoms with Crippen LogP contribution in [0.2, 0.25) is 0 Å². The normalized spacial score (nSPS) is 16.2. The molecule has 3 heterocycles. The summed E-state index contributed by atoms with van der Waals surface area (Å²) in [5, 5.41) is 9.64. The first-order valence-corrected chi connectivity index (χ1v) is 11.1. The number of hydrogen-bond donors (Lipinski definition) is 1. The van der Waals surface area contributed by atoms with E-state index in [-0.39, 0.29) is 18.0 Å². The number of carbonyl (C=O) groups is 1. The lowest BCUT2D eigenvalue weighted by atomic mass is 9.96. The van der Waals surface area contributed by atoms with Gasteiger partial charge in [0.25, 0.3) is 0 Å². The molecule has 7 heteroatoms. The van der Waals surface area contributed by atoms with Crippen LogP contribution >= 0.6 is 0 Å². The summed E-state index contributed by atoms with van der Waals surface area (Å²) in [5.41, 5.74) is 5.67. The highest BCUT2D eigenvalue weighted by atomic mass is 16.4. The lowest BCUT2D eigenvalue weighted by Crippen LogP contribution is -2.31. The van der Waals surface area contributed by atoms with Gasteiger partial charge in [-0.15, -0.1) is 0 Å². The summed E-state index contributed by atoms with van der Waals surface area (Å²) in [4.78, 5) is 32.1. The second-order valence-corrected chi connectivity index (χ2v) is 8.74. The molecule has 2 atom stereocenters. The molecule has 0 fully saturated rings. The molecule has 0 saturated carbocycles. The molecule has 168 valence electrons. The molecule has 2 aromatic carbocycles. The highest BCUT2D eigenvalue weighted by Crippen LogP contribution is 2.38. The Morgan fingerprint density at radius 2 is 1.91 bits per heavy atom. The van der Waals surface area contributed by atoms with E-state index in [0.29, 0.717) is 12.1 Å². The molecular formula is C26H26N4O3. The van der Waals surface area contributed by atoms with Crippen molar-refractivity contribution in [3.8, 4) is 0 Å². The number of carboxylic acid groups (broad SMARTS) is 1. The third kappa shape index (κ3) is 3.59. The van der Waals surface area contributed by atoms with E-state index in [2.05, 4.69) is 42.1 Å². The second kappa shape index (κ2) is 8.24. The van der Waals surface area contributed by atoms with Crippen LogP contribution in [0.1, 0.15) is 35.1 Å². The molecule has 0 radical (unpaired) electrons. The van der Waals surface area contributed by atoms with Gasteiger partial charge in [0.1, 0.15) is 0 Å². The van der Waals surface area contributed by atoms with Crippen molar-refractivity contribution >= 4 is 22.7 Å². The molecule has 1 aliphatic rings. The standard InChI is InChI=1S/C26H26N4O3/c1-17-7-6-10-21-25(17)19(15-28(21)2)16-29-23-14-27-12-11-20(23)30(26(29)33)22(13-24(31)32)18-8-4-3-5-9-18/h3-12,14,19,22H,13,15-16H2,1-2H3,(H,31,32)/t19?,22-/m1/s1. The molecular weight excluding hydrogens is 416 g/mol. The van der Waals surface area contributed by atoms with Crippen LogP contribution < -0.4 is 10.6 Å².